The van der Waals surface area contributed by atoms with Crippen LogP contribution in [0.5, 0.6) is 0 Å². The van der Waals surface area contributed by atoms with Gasteiger partial charge in [-0.05, 0) is 35.7 Å². The van der Waals surface area contributed by atoms with Crippen molar-refractivity contribution in [2.75, 3.05) is 12.8 Å². The van der Waals surface area contributed by atoms with E-state index in [0.717, 1.165) is 17.7 Å². The zero-order valence-electron chi connectivity index (χ0n) is 15.9. The molecule has 3 aromatic rings. The van der Waals surface area contributed by atoms with Crippen LogP contribution in [0, 0.1) is 11.3 Å². The number of nitrogens with zero attached hydrogens (tertiary/aromatic N) is 5. The molecule has 0 spiro atoms. The van der Waals surface area contributed by atoms with E-state index in [1.54, 1.807) is 30.4 Å². The van der Waals surface area contributed by atoms with Gasteiger partial charge in [-0.25, -0.2) is 0 Å². The predicted molar refractivity (Wildman–Crippen MR) is 109 cm³/mol. The molecule has 0 N–H and O–H groups in total. The molecule has 7 heteroatoms. The molecule has 0 unspecified atom stereocenters. The molecule has 0 atom stereocenters. The Labute approximate surface area is 168 Å². The van der Waals surface area contributed by atoms with Crippen molar-refractivity contribution >= 4 is 17.7 Å². The zero-order chi connectivity index (χ0) is 19.9. The van der Waals surface area contributed by atoms with Gasteiger partial charge in [0, 0.05) is 13.6 Å². The average Bonchev–Trinajstić information content (AvgIpc) is 3.20. The molecule has 0 fully saturated rings. The van der Waals surface area contributed by atoms with Gasteiger partial charge in [-0.3, -0.25) is 9.36 Å². The van der Waals surface area contributed by atoms with Gasteiger partial charge in [-0.2, -0.15) is 5.26 Å². The molecular formula is C21H21N5OS. The molecule has 2 aromatic carbocycles. The summed E-state index contributed by atoms with van der Waals surface area (Å²) in [6, 6.07) is 17.5. The zero-order valence-corrected chi connectivity index (χ0v) is 16.7. The van der Waals surface area contributed by atoms with Gasteiger partial charge in [-0.15, -0.1) is 10.2 Å². The highest BCUT2D eigenvalue weighted by Crippen LogP contribution is 2.23. The van der Waals surface area contributed by atoms with Crippen molar-refractivity contribution in [3.8, 4) is 11.8 Å². The number of nitriles is 1. The molecule has 1 amide bonds. The van der Waals surface area contributed by atoms with Crippen LogP contribution in [0.3, 0.4) is 0 Å². The second-order valence-electron chi connectivity index (χ2n) is 6.31. The van der Waals surface area contributed by atoms with E-state index < -0.39 is 0 Å². The lowest BCUT2D eigenvalue weighted by molar-refractivity contribution is -0.127. The molecule has 142 valence electrons. The number of para-hydroxylation sites is 1. The van der Waals surface area contributed by atoms with Crippen LogP contribution in [0.4, 0.5) is 0 Å². The number of aryl methyl sites for hydroxylation is 1. The largest absolute Gasteiger partial charge is 0.341 e. The number of carbonyl (C=O) groups excluding carboxylic acids is 1. The van der Waals surface area contributed by atoms with Crippen LogP contribution in [-0.4, -0.2) is 38.4 Å². The highest BCUT2D eigenvalue weighted by atomic mass is 32.2. The van der Waals surface area contributed by atoms with Crippen molar-refractivity contribution in [3.63, 3.8) is 0 Å². The third-order valence-corrected chi connectivity index (χ3v) is 5.33. The van der Waals surface area contributed by atoms with Crippen molar-refractivity contribution in [2.45, 2.75) is 25.0 Å². The molecular weight excluding hydrogens is 370 g/mol. The van der Waals surface area contributed by atoms with Crippen LogP contribution in [0.25, 0.3) is 5.69 Å². The minimum absolute atomic E-state index is 0.00712. The highest BCUT2D eigenvalue weighted by Gasteiger charge is 2.14. The second kappa shape index (κ2) is 9.20. The third kappa shape index (κ3) is 4.59. The summed E-state index contributed by atoms with van der Waals surface area (Å²) in [6.45, 7) is 2.61. The standard InChI is InChI=1S/C21H21N5OS/c1-3-18-6-4-5-7-19(18)26-15-23-24-21(26)28-14-20(27)25(2)13-17-10-8-16(12-22)9-11-17/h4-11,15H,3,13-14H2,1-2H3. The van der Waals surface area contributed by atoms with Gasteiger partial charge in [0.2, 0.25) is 5.91 Å². The molecule has 0 aliphatic carbocycles. The Morgan fingerprint density at radius 1 is 1.21 bits per heavy atom. The summed E-state index contributed by atoms with van der Waals surface area (Å²) in [5, 5.41) is 17.8. The van der Waals surface area contributed by atoms with E-state index in [-0.39, 0.29) is 11.7 Å². The predicted octanol–water partition coefficient (Wildman–Crippen LogP) is 3.45. The minimum Gasteiger partial charge on any atom is -0.341 e. The number of hydrogen-bond acceptors (Lipinski definition) is 5. The van der Waals surface area contributed by atoms with Crippen LogP contribution in [0.1, 0.15) is 23.6 Å². The van der Waals surface area contributed by atoms with E-state index in [4.69, 9.17) is 5.26 Å². The molecule has 0 aliphatic heterocycles. The maximum Gasteiger partial charge on any atom is 0.233 e. The Morgan fingerprint density at radius 3 is 2.68 bits per heavy atom. The molecule has 0 radical (unpaired) electrons. The van der Waals surface area contributed by atoms with Crippen LogP contribution >= 0.6 is 11.8 Å². The molecule has 0 bridgehead atoms. The Kier molecular flexibility index (Phi) is 6.45. The van der Waals surface area contributed by atoms with Gasteiger partial charge in [-0.1, -0.05) is 49.0 Å². The Balaban J connectivity index is 1.63. The van der Waals surface area contributed by atoms with Crippen LogP contribution in [0.2, 0.25) is 0 Å². The molecule has 0 saturated heterocycles. The number of carbonyl (C=O) groups is 1. The maximum absolute atomic E-state index is 12.5. The topological polar surface area (TPSA) is 74.8 Å². The monoisotopic (exact) mass is 391 g/mol. The molecule has 0 saturated carbocycles. The lowest BCUT2D eigenvalue weighted by Gasteiger charge is -2.17. The number of thioether (sulfide) groups is 1. The lowest BCUT2D eigenvalue weighted by atomic mass is 10.1. The van der Waals surface area contributed by atoms with Crippen LogP contribution < -0.4 is 0 Å². The van der Waals surface area contributed by atoms with E-state index in [1.165, 1.54) is 17.3 Å². The summed E-state index contributed by atoms with van der Waals surface area (Å²) in [5.74, 6) is 0.285. The summed E-state index contributed by atoms with van der Waals surface area (Å²) in [4.78, 5) is 14.2. The third-order valence-electron chi connectivity index (χ3n) is 4.40. The van der Waals surface area contributed by atoms with Gasteiger partial charge < -0.3 is 4.90 Å². The Morgan fingerprint density at radius 2 is 1.96 bits per heavy atom. The van der Waals surface area contributed by atoms with Gasteiger partial charge in [0.25, 0.3) is 0 Å². The van der Waals surface area contributed by atoms with Crippen molar-refractivity contribution in [3.05, 3.63) is 71.5 Å². The number of hydrogen-bond donors (Lipinski definition) is 0. The summed E-state index contributed by atoms with van der Waals surface area (Å²) >= 11 is 1.38. The minimum atomic E-state index is 0.00712. The van der Waals surface area contributed by atoms with E-state index in [2.05, 4.69) is 29.3 Å². The molecule has 6 nitrogen and oxygen atoms in total. The SMILES string of the molecule is CCc1ccccc1-n1cnnc1SCC(=O)N(C)Cc1ccc(C#N)cc1. The summed E-state index contributed by atoms with van der Waals surface area (Å²) in [5.41, 5.74) is 3.84. The smallest absolute Gasteiger partial charge is 0.233 e. The molecule has 1 heterocycles. The van der Waals surface area contributed by atoms with Crippen molar-refractivity contribution in [1.82, 2.24) is 19.7 Å². The summed E-state index contributed by atoms with van der Waals surface area (Å²) in [7, 11) is 1.78. The van der Waals surface area contributed by atoms with Crippen LogP contribution in [0.15, 0.2) is 60.0 Å². The van der Waals surface area contributed by atoms with Crippen molar-refractivity contribution in [2.24, 2.45) is 0 Å². The van der Waals surface area contributed by atoms with Crippen molar-refractivity contribution in [1.29, 1.82) is 5.26 Å². The first-order chi connectivity index (χ1) is 13.6. The normalized spacial score (nSPS) is 10.5. The summed E-state index contributed by atoms with van der Waals surface area (Å²) < 4.78 is 1.93. The number of benzene rings is 2. The molecule has 3 rings (SSSR count). The fraction of sp³-hybridized carbons (Fsp3) is 0.238. The summed E-state index contributed by atoms with van der Waals surface area (Å²) in [6.07, 6.45) is 2.59. The first-order valence-corrected chi connectivity index (χ1v) is 9.95. The first kappa shape index (κ1) is 19.6. The fourth-order valence-electron chi connectivity index (χ4n) is 2.82. The number of rotatable bonds is 7. The van der Waals surface area contributed by atoms with E-state index >= 15 is 0 Å². The molecule has 0 aliphatic rings. The van der Waals surface area contributed by atoms with E-state index in [9.17, 15) is 4.79 Å². The van der Waals surface area contributed by atoms with Gasteiger partial charge >= 0.3 is 0 Å². The fourth-order valence-corrected chi connectivity index (χ4v) is 3.68. The van der Waals surface area contributed by atoms with Crippen molar-refractivity contribution < 1.29 is 4.79 Å². The van der Waals surface area contributed by atoms with Gasteiger partial charge in [0.1, 0.15) is 6.33 Å². The molecule has 1 aromatic heterocycles. The van der Waals surface area contributed by atoms with E-state index in [0.29, 0.717) is 17.3 Å². The quantitative estimate of drug-likeness (QED) is 0.577. The van der Waals surface area contributed by atoms with E-state index in [1.807, 2.05) is 34.9 Å². The molecule has 28 heavy (non-hydrogen) atoms. The maximum atomic E-state index is 12.5. The first-order valence-electron chi connectivity index (χ1n) is 8.96. The van der Waals surface area contributed by atoms with Gasteiger partial charge in [0.15, 0.2) is 5.16 Å². The number of aromatic nitrogens is 3. The van der Waals surface area contributed by atoms with Crippen LogP contribution in [-0.2, 0) is 17.8 Å². The average molecular weight is 392 g/mol. The van der Waals surface area contributed by atoms with Gasteiger partial charge in [0.05, 0.1) is 23.1 Å². The Hall–Kier alpha value is -3.11. The highest BCUT2D eigenvalue weighted by molar-refractivity contribution is 7.99. The second-order valence-corrected chi connectivity index (χ2v) is 7.26. The number of amides is 1. The Bertz CT molecular complexity index is 991. The lowest BCUT2D eigenvalue weighted by Crippen LogP contribution is -2.27.